The SMILES string of the molecule is CCNC(=O)NC(=O)CN1C(=O)c2ccccc2C1=O. The van der Waals surface area contributed by atoms with Crippen LogP contribution in [0.15, 0.2) is 24.3 Å². The van der Waals surface area contributed by atoms with Gasteiger partial charge >= 0.3 is 6.03 Å². The minimum Gasteiger partial charge on any atom is -0.338 e. The summed E-state index contributed by atoms with van der Waals surface area (Å²) in [5.74, 6) is -1.78. The normalized spacial score (nSPS) is 13.2. The topological polar surface area (TPSA) is 95.6 Å². The maximum Gasteiger partial charge on any atom is 0.321 e. The van der Waals surface area contributed by atoms with Gasteiger partial charge in [0.1, 0.15) is 6.54 Å². The summed E-state index contributed by atoms with van der Waals surface area (Å²) >= 11 is 0. The molecule has 0 aromatic heterocycles. The first-order valence-electron chi connectivity index (χ1n) is 6.07. The van der Waals surface area contributed by atoms with E-state index in [-0.39, 0.29) is 11.1 Å². The van der Waals surface area contributed by atoms with Crippen molar-refractivity contribution in [3.05, 3.63) is 35.4 Å². The molecule has 20 heavy (non-hydrogen) atoms. The summed E-state index contributed by atoms with van der Waals surface area (Å²) in [6, 6.07) is 5.67. The van der Waals surface area contributed by atoms with Crippen molar-refractivity contribution in [3.8, 4) is 0 Å². The van der Waals surface area contributed by atoms with E-state index in [0.29, 0.717) is 6.54 Å². The first kappa shape index (κ1) is 13.7. The number of rotatable bonds is 3. The molecule has 0 spiro atoms. The standard InChI is InChI=1S/C13H13N3O4/c1-2-14-13(20)15-10(17)7-16-11(18)8-5-3-4-6-9(8)12(16)19/h3-6H,2,7H2,1H3,(H2,14,15,17,20). The third-order valence-electron chi connectivity index (χ3n) is 2.77. The fourth-order valence-electron chi connectivity index (χ4n) is 1.90. The minimum atomic E-state index is -0.717. The molecule has 5 amide bonds. The van der Waals surface area contributed by atoms with Crippen LogP contribution in [-0.4, -0.2) is 41.7 Å². The number of hydrogen-bond acceptors (Lipinski definition) is 4. The van der Waals surface area contributed by atoms with Crippen LogP contribution in [0.3, 0.4) is 0 Å². The van der Waals surface area contributed by atoms with E-state index in [1.54, 1.807) is 19.1 Å². The van der Waals surface area contributed by atoms with Gasteiger partial charge in [-0.1, -0.05) is 12.1 Å². The minimum absolute atomic E-state index is 0.267. The summed E-state index contributed by atoms with van der Waals surface area (Å²) in [5, 5.41) is 4.42. The summed E-state index contributed by atoms with van der Waals surface area (Å²) in [6.45, 7) is 1.59. The number of fused-ring (bicyclic) bond motifs is 1. The van der Waals surface area contributed by atoms with E-state index in [2.05, 4.69) is 5.32 Å². The lowest BCUT2D eigenvalue weighted by Crippen LogP contribution is -2.45. The Morgan fingerprint density at radius 1 is 1.10 bits per heavy atom. The summed E-state index contributed by atoms with van der Waals surface area (Å²) in [5.41, 5.74) is 0.534. The van der Waals surface area contributed by atoms with E-state index >= 15 is 0 Å². The van der Waals surface area contributed by atoms with Gasteiger partial charge in [-0.2, -0.15) is 0 Å². The molecule has 1 aliphatic rings. The van der Waals surface area contributed by atoms with Crippen molar-refractivity contribution in [2.75, 3.05) is 13.1 Å². The number of nitrogens with zero attached hydrogens (tertiary/aromatic N) is 1. The van der Waals surface area contributed by atoms with Crippen LogP contribution in [-0.2, 0) is 4.79 Å². The summed E-state index contributed by atoms with van der Waals surface area (Å²) in [6.07, 6.45) is 0. The molecule has 0 aliphatic carbocycles. The number of amides is 5. The molecule has 7 nitrogen and oxygen atoms in total. The van der Waals surface area contributed by atoms with Gasteiger partial charge in [-0.3, -0.25) is 24.6 Å². The van der Waals surface area contributed by atoms with Crippen LogP contribution in [0.2, 0.25) is 0 Å². The monoisotopic (exact) mass is 275 g/mol. The lowest BCUT2D eigenvalue weighted by molar-refractivity contribution is -0.120. The predicted octanol–water partition coefficient (Wildman–Crippen LogP) is 0.128. The van der Waals surface area contributed by atoms with Crippen LogP contribution >= 0.6 is 0 Å². The molecule has 104 valence electrons. The number of urea groups is 1. The molecule has 2 N–H and O–H groups in total. The zero-order valence-electron chi connectivity index (χ0n) is 10.8. The van der Waals surface area contributed by atoms with Gasteiger partial charge in [0.2, 0.25) is 5.91 Å². The Balaban J connectivity index is 2.05. The molecule has 1 aliphatic heterocycles. The van der Waals surface area contributed by atoms with Crippen molar-refractivity contribution in [2.45, 2.75) is 6.92 Å². The largest absolute Gasteiger partial charge is 0.338 e. The third kappa shape index (κ3) is 2.51. The molecule has 1 aromatic rings. The maximum absolute atomic E-state index is 12.0. The molecule has 0 saturated heterocycles. The van der Waals surface area contributed by atoms with Crippen molar-refractivity contribution in [1.82, 2.24) is 15.5 Å². The zero-order chi connectivity index (χ0) is 14.7. The fraction of sp³-hybridized carbons (Fsp3) is 0.231. The van der Waals surface area contributed by atoms with E-state index in [0.717, 1.165) is 4.90 Å². The highest BCUT2D eigenvalue weighted by Gasteiger charge is 2.36. The van der Waals surface area contributed by atoms with Crippen molar-refractivity contribution >= 4 is 23.8 Å². The molecule has 0 unspecified atom stereocenters. The summed E-state index contributed by atoms with van der Waals surface area (Å²) in [7, 11) is 0. The number of imide groups is 2. The van der Waals surface area contributed by atoms with E-state index in [9.17, 15) is 19.2 Å². The van der Waals surface area contributed by atoms with Crippen molar-refractivity contribution in [2.24, 2.45) is 0 Å². The quantitative estimate of drug-likeness (QED) is 0.766. The van der Waals surface area contributed by atoms with Crippen LogP contribution in [0.1, 0.15) is 27.6 Å². The Morgan fingerprint density at radius 3 is 2.15 bits per heavy atom. The second kappa shape index (κ2) is 5.52. The molecule has 1 aromatic carbocycles. The molecule has 0 atom stereocenters. The van der Waals surface area contributed by atoms with E-state index in [1.165, 1.54) is 12.1 Å². The highest BCUT2D eigenvalue weighted by atomic mass is 16.2. The smallest absolute Gasteiger partial charge is 0.321 e. The van der Waals surface area contributed by atoms with Crippen LogP contribution in [0, 0.1) is 0 Å². The van der Waals surface area contributed by atoms with Crippen LogP contribution in [0.25, 0.3) is 0 Å². The molecule has 0 fully saturated rings. The summed E-state index contributed by atoms with van der Waals surface area (Å²) in [4.78, 5) is 47.6. The van der Waals surface area contributed by atoms with Gasteiger partial charge in [0.25, 0.3) is 11.8 Å². The lowest BCUT2D eigenvalue weighted by Gasteiger charge is -2.13. The molecule has 0 radical (unpaired) electrons. The molecule has 0 bridgehead atoms. The molecular formula is C13H13N3O4. The average Bonchev–Trinajstić information content (AvgIpc) is 2.65. The van der Waals surface area contributed by atoms with Crippen molar-refractivity contribution in [1.29, 1.82) is 0 Å². The fourth-order valence-corrected chi connectivity index (χ4v) is 1.90. The van der Waals surface area contributed by atoms with Gasteiger partial charge in [0.15, 0.2) is 0 Å². The molecular weight excluding hydrogens is 262 g/mol. The first-order chi connectivity index (χ1) is 9.54. The zero-order valence-corrected chi connectivity index (χ0v) is 10.8. The van der Waals surface area contributed by atoms with Gasteiger partial charge < -0.3 is 5.32 Å². The molecule has 0 saturated carbocycles. The van der Waals surface area contributed by atoms with E-state index in [1.807, 2.05) is 5.32 Å². The highest BCUT2D eigenvalue weighted by molar-refractivity contribution is 6.22. The Morgan fingerprint density at radius 2 is 1.65 bits per heavy atom. The maximum atomic E-state index is 12.0. The van der Waals surface area contributed by atoms with Gasteiger partial charge in [-0.25, -0.2) is 4.79 Å². The average molecular weight is 275 g/mol. The third-order valence-corrected chi connectivity index (χ3v) is 2.77. The molecule has 7 heteroatoms. The van der Waals surface area contributed by atoms with E-state index < -0.39 is 30.3 Å². The Kier molecular flexibility index (Phi) is 3.79. The van der Waals surface area contributed by atoms with Gasteiger partial charge in [-0.15, -0.1) is 0 Å². The van der Waals surface area contributed by atoms with Gasteiger partial charge in [0.05, 0.1) is 11.1 Å². The summed E-state index contributed by atoms with van der Waals surface area (Å²) < 4.78 is 0. The van der Waals surface area contributed by atoms with Gasteiger partial charge in [-0.05, 0) is 19.1 Å². The Hall–Kier alpha value is -2.70. The Bertz CT molecular complexity index is 562. The second-order valence-corrected chi connectivity index (χ2v) is 4.15. The highest BCUT2D eigenvalue weighted by Crippen LogP contribution is 2.21. The Labute approximate surface area is 114 Å². The number of hydrogen-bond donors (Lipinski definition) is 2. The number of nitrogens with one attached hydrogen (secondary N) is 2. The van der Waals surface area contributed by atoms with Gasteiger partial charge in [0, 0.05) is 6.54 Å². The van der Waals surface area contributed by atoms with Crippen LogP contribution in [0.4, 0.5) is 4.79 Å². The van der Waals surface area contributed by atoms with Crippen molar-refractivity contribution in [3.63, 3.8) is 0 Å². The second-order valence-electron chi connectivity index (χ2n) is 4.15. The number of carbonyl (C=O) groups is 4. The lowest BCUT2D eigenvalue weighted by atomic mass is 10.1. The van der Waals surface area contributed by atoms with Crippen molar-refractivity contribution < 1.29 is 19.2 Å². The predicted molar refractivity (Wildman–Crippen MR) is 69.0 cm³/mol. The molecule has 1 heterocycles. The molecule has 2 rings (SSSR count). The van der Waals surface area contributed by atoms with E-state index in [4.69, 9.17) is 0 Å². The number of benzene rings is 1. The first-order valence-corrected chi connectivity index (χ1v) is 6.07. The number of carbonyl (C=O) groups excluding carboxylic acids is 4. The van der Waals surface area contributed by atoms with Crippen LogP contribution in [0.5, 0.6) is 0 Å². The van der Waals surface area contributed by atoms with Crippen LogP contribution < -0.4 is 10.6 Å².